The summed E-state index contributed by atoms with van der Waals surface area (Å²) in [6, 6.07) is 15.4. The molecule has 4 rings (SSSR count). The molecule has 0 spiro atoms. The van der Waals surface area contributed by atoms with Gasteiger partial charge in [-0.3, -0.25) is 14.5 Å². The third-order valence-electron chi connectivity index (χ3n) is 6.14. The molecule has 37 heavy (non-hydrogen) atoms. The van der Waals surface area contributed by atoms with Gasteiger partial charge in [0.2, 0.25) is 0 Å². The van der Waals surface area contributed by atoms with Crippen molar-refractivity contribution in [1.82, 2.24) is 0 Å². The first-order valence-electron chi connectivity index (χ1n) is 11.9. The molecular weight excluding hydrogens is 474 g/mol. The van der Waals surface area contributed by atoms with Gasteiger partial charge in [0.25, 0.3) is 11.7 Å². The number of aryl methyl sites for hydroxylation is 1. The molecule has 8 nitrogen and oxygen atoms in total. The largest absolute Gasteiger partial charge is 0.507 e. The van der Waals surface area contributed by atoms with Gasteiger partial charge in [0.1, 0.15) is 17.3 Å². The maximum absolute atomic E-state index is 13.4. The van der Waals surface area contributed by atoms with Crippen LogP contribution in [0, 0.1) is 6.92 Å². The van der Waals surface area contributed by atoms with E-state index in [9.17, 15) is 19.8 Å². The number of aromatic hydroxyl groups is 1. The lowest BCUT2D eigenvalue weighted by Gasteiger charge is -2.26. The zero-order chi connectivity index (χ0) is 26.7. The van der Waals surface area contributed by atoms with Crippen molar-refractivity contribution in [2.75, 3.05) is 25.2 Å². The summed E-state index contributed by atoms with van der Waals surface area (Å²) in [5, 5.41) is 21.6. The minimum absolute atomic E-state index is 0.0726. The predicted molar refractivity (Wildman–Crippen MR) is 139 cm³/mol. The number of benzene rings is 3. The molecule has 0 radical (unpaired) electrons. The number of amides is 1. The van der Waals surface area contributed by atoms with E-state index >= 15 is 0 Å². The van der Waals surface area contributed by atoms with Crippen molar-refractivity contribution in [2.45, 2.75) is 26.8 Å². The molecular formula is C29H29NO7. The summed E-state index contributed by atoms with van der Waals surface area (Å²) < 4.78 is 16.4. The second-order valence-electron chi connectivity index (χ2n) is 8.44. The third kappa shape index (κ3) is 4.82. The number of phenols is 1. The molecule has 192 valence electrons. The zero-order valence-corrected chi connectivity index (χ0v) is 21.1. The van der Waals surface area contributed by atoms with Crippen molar-refractivity contribution in [3.63, 3.8) is 0 Å². The Balaban J connectivity index is 1.92. The van der Waals surface area contributed by atoms with E-state index in [4.69, 9.17) is 14.2 Å². The molecule has 0 aliphatic carbocycles. The van der Waals surface area contributed by atoms with Gasteiger partial charge in [0, 0.05) is 11.3 Å². The van der Waals surface area contributed by atoms with Gasteiger partial charge in [-0.25, -0.2) is 0 Å². The second-order valence-corrected chi connectivity index (χ2v) is 8.44. The fraction of sp³-hybridized carbons (Fsp3) is 0.241. The Kier molecular flexibility index (Phi) is 7.38. The van der Waals surface area contributed by atoms with E-state index in [1.165, 1.54) is 11.0 Å². The molecule has 1 unspecified atom stereocenters. The lowest BCUT2D eigenvalue weighted by atomic mass is 9.94. The van der Waals surface area contributed by atoms with Crippen LogP contribution in [0.15, 0.2) is 66.2 Å². The number of carbonyl (C=O) groups is 2. The van der Waals surface area contributed by atoms with E-state index in [1.54, 1.807) is 68.6 Å². The predicted octanol–water partition coefficient (Wildman–Crippen LogP) is 5.13. The molecule has 3 aromatic carbocycles. The molecule has 1 fully saturated rings. The molecule has 1 aliphatic rings. The molecule has 1 saturated heterocycles. The van der Waals surface area contributed by atoms with Crippen molar-refractivity contribution >= 4 is 23.1 Å². The molecule has 0 aromatic heterocycles. The standard InChI is InChI=1S/C29H29NO7/c1-5-36-21-11-9-20(10-12-21)30-26(18-7-13-22(31)24(16-18)37-6-2)25(28(33)29(30)34)27(32)19-8-14-23(35-4)17(3)15-19/h7-16,26,31-32H,5-6H2,1-4H3/b27-25-. The second kappa shape index (κ2) is 10.7. The van der Waals surface area contributed by atoms with Gasteiger partial charge in [0.05, 0.1) is 31.9 Å². The van der Waals surface area contributed by atoms with Gasteiger partial charge in [-0.2, -0.15) is 0 Å². The summed E-state index contributed by atoms with van der Waals surface area (Å²) in [4.78, 5) is 28.1. The summed E-state index contributed by atoms with van der Waals surface area (Å²) >= 11 is 0. The number of aliphatic hydroxyl groups excluding tert-OH is 1. The summed E-state index contributed by atoms with van der Waals surface area (Å²) in [6.45, 7) is 6.26. The van der Waals surface area contributed by atoms with Crippen LogP contribution in [0.1, 0.15) is 36.6 Å². The number of hydrogen-bond donors (Lipinski definition) is 2. The number of carbonyl (C=O) groups excluding carboxylic acids is 2. The topological polar surface area (TPSA) is 106 Å². The van der Waals surface area contributed by atoms with Crippen molar-refractivity contribution in [1.29, 1.82) is 0 Å². The van der Waals surface area contributed by atoms with Gasteiger partial charge >= 0.3 is 0 Å². The maximum atomic E-state index is 13.4. The highest BCUT2D eigenvalue weighted by Gasteiger charge is 2.47. The fourth-order valence-corrected chi connectivity index (χ4v) is 4.44. The highest BCUT2D eigenvalue weighted by atomic mass is 16.5. The number of ether oxygens (including phenoxy) is 3. The Morgan fingerprint density at radius 1 is 0.919 bits per heavy atom. The third-order valence-corrected chi connectivity index (χ3v) is 6.14. The van der Waals surface area contributed by atoms with Gasteiger partial charge in [-0.1, -0.05) is 6.07 Å². The molecule has 1 amide bonds. The fourth-order valence-electron chi connectivity index (χ4n) is 4.44. The Labute approximate surface area is 215 Å². The van der Waals surface area contributed by atoms with Gasteiger partial charge in [0.15, 0.2) is 11.5 Å². The van der Waals surface area contributed by atoms with E-state index < -0.39 is 17.7 Å². The molecule has 3 aromatic rings. The number of methoxy groups -OCH3 is 1. The van der Waals surface area contributed by atoms with E-state index in [2.05, 4.69) is 0 Å². The summed E-state index contributed by atoms with van der Waals surface area (Å²) in [5.74, 6) is -0.539. The van der Waals surface area contributed by atoms with Crippen molar-refractivity contribution < 1.29 is 34.0 Å². The summed E-state index contributed by atoms with van der Waals surface area (Å²) in [6.07, 6.45) is 0. The van der Waals surface area contributed by atoms with E-state index in [-0.39, 0.29) is 22.8 Å². The molecule has 0 saturated carbocycles. The average Bonchev–Trinajstić information content (AvgIpc) is 3.16. The maximum Gasteiger partial charge on any atom is 0.300 e. The van der Waals surface area contributed by atoms with Gasteiger partial charge < -0.3 is 24.4 Å². The van der Waals surface area contributed by atoms with Crippen LogP contribution >= 0.6 is 0 Å². The molecule has 8 heteroatoms. The van der Waals surface area contributed by atoms with Crippen LogP contribution in [-0.4, -0.2) is 42.2 Å². The summed E-state index contributed by atoms with van der Waals surface area (Å²) in [7, 11) is 1.55. The Morgan fingerprint density at radius 3 is 2.24 bits per heavy atom. The normalized spacial score (nSPS) is 16.6. The Hall–Kier alpha value is -4.46. The lowest BCUT2D eigenvalue weighted by molar-refractivity contribution is -0.132. The molecule has 2 N–H and O–H groups in total. The highest BCUT2D eigenvalue weighted by molar-refractivity contribution is 6.51. The van der Waals surface area contributed by atoms with Crippen molar-refractivity contribution in [3.05, 3.63) is 82.9 Å². The first-order valence-corrected chi connectivity index (χ1v) is 11.9. The van der Waals surface area contributed by atoms with Gasteiger partial charge in [-0.05, 0) is 86.5 Å². The van der Waals surface area contributed by atoms with Crippen LogP contribution in [0.2, 0.25) is 0 Å². The number of anilines is 1. The van der Waals surface area contributed by atoms with Crippen LogP contribution in [-0.2, 0) is 9.59 Å². The highest BCUT2D eigenvalue weighted by Crippen LogP contribution is 2.44. The monoisotopic (exact) mass is 503 g/mol. The number of rotatable bonds is 8. The van der Waals surface area contributed by atoms with Crippen LogP contribution in [0.25, 0.3) is 5.76 Å². The number of Topliss-reactive ketones (excluding diaryl/α,β-unsaturated/α-hetero) is 1. The first-order chi connectivity index (χ1) is 17.8. The van der Waals surface area contributed by atoms with Crippen molar-refractivity contribution in [3.8, 4) is 23.0 Å². The minimum Gasteiger partial charge on any atom is -0.507 e. The van der Waals surface area contributed by atoms with E-state index in [1.807, 2.05) is 13.8 Å². The van der Waals surface area contributed by atoms with E-state index in [0.29, 0.717) is 41.5 Å². The molecule has 1 aliphatic heterocycles. The Morgan fingerprint density at radius 2 is 1.62 bits per heavy atom. The first kappa shape index (κ1) is 25.6. The SMILES string of the molecule is CCOc1ccc(N2C(=O)C(=O)/C(=C(\O)c3ccc(OC)c(C)c3)C2c2ccc(O)c(OCC)c2)cc1. The number of aliphatic hydroxyl groups is 1. The Bertz CT molecular complexity index is 1360. The smallest absolute Gasteiger partial charge is 0.300 e. The van der Waals surface area contributed by atoms with Crippen LogP contribution < -0.4 is 19.1 Å². The van der Waals surface area contributed by atoms with Crippen LogP contribution in [0.4, 0.5) is 5.69 Å². The zero-order valence-electron chi connectivity index (χ0n) is 21.1. The molecule has 1 atom stereocenters. The number of hydrogen-bond acceptors (Lipinski definition) is 7. The number of ketones is 1. The quantitative estimate of drug-likeness (QED) is 0.249. The molecule has 1 heterocycles. The van der Waals surface area contributed by atoms with Gasteiger partial charge in [-0.15, -0.1) is 0 Å². The van der Waals surface area contributed by atoms with Crippen LogP contribution in [0.3, 0.4) is 0 Å². The number of phenolic OH excluding ortho intramolecular Hbond substituents is 1. The van der Waals surface area contributed by atoms with Crippen LogP contribution in [0.5, 0.6) is 23.0 Å². The number of nitrogens with zero attached hydrogens (tertiary/aromatic N) is 1. The lowest BCUT2D eigenvalue weighted by Crippen LogP contribution is -2.29. The van der Waals surface area contributed by atoms with E-state index in [0.717, 1.165) is 5.56 Å². The summed E-state index contributed by atoms with van der Waals surface area (Å²) in [5.41, 5.74) is 1.99. The minimum atomic E-state index is -0.972. The van der Waals surface area contributed by atoms with Crippen molar-refractivity contribution in [2.24, 2.45) is 0 Å². The molecule has 0 bridgehead atoms. The average molecular weight is 504 g/mol.